The van der Waals surface area contributed by atoms with Crippen LogP contribution in [0.5, 0.6) is 5.75 Å². The number of benzene rings is 1. The van der Waals surface area contributed by atoms with Crippen molar-refractivity contribution in [3.8, 4) is 5.75 Å². The molecule has 2 aromatic heterocycles. The Kier molecular flexibility index (Phi) is 6.84. The molecular weight excluding hydrogens is 408 g/mol. The van der Waals surface area contributed by atoms with E-state index in [0.29, 0.717) is 5.56 Å². The topological polar surface area (TPSA) is 57.7 Å². The van der Waals surface area contributed by atoms with E-state index in [0.717, 1.165) is 37.6 Å². The van der Waals surface area contributed by atoms with Gasteiger partial charge in [0.2, 0.25) is 0 Å². The first-order valence-electron chi connectivity index (χ1n) is 10.5. The number of aromatic nitrogens is 1. The summed E-state index contributed by atoms with van der Waals surface area (Å²) in [6, 6.07) is 16.1. The maximum absolute atomic E-state index is 12.7. The summed E-state index contributed by atoms with van der Waals surface area (Å²) in [4.78, 5) is 22.9. The predicted molar refractivity (Wildman–Crippen MR) is 125 cm³/mol. The van der Waals surface area contributed by atoms with Crippen molar-refractivity contribution in [2.45, 2.75) is 19.0 Å². The Morgan fingerprint density at radius 2 is 1.90 bits per heavy atom. The molecule has 7 heteroatoms. The number of thiophene rings is 1. The molecule has 4 rings (SSSR count). The van der Waals surface area contributed by atoms with Gasteiger partial charge in [0, 0.05) is 49.5 Å². The number of para-hydroxylation sites is 2. The Morgan fingerprint density at radius 1 is 1.10 bits per heavy atom. The Balaban J connectivity index is 1.47. The van der Waals surface area contributed by atoms with Crippen LogP contribution in [0.15, 0.2) is 66.3 Å². The third-order valence-corrected chi connectivity index (χ3v) is 6.67. The molecule has 3 aromatic rings. The van der Waals surface area contributed by atoms with Crippen molar-refractivity contribution in [1.82, 2.24) is 15.2 Å². The number of methoxy groups -OCH3 is 1. The predicted octanol–water partition coefficient (Wildman–Crippen LogP) is 3.83. The summed E-state index contributed by atoms with van der Waals surface area (Å²) in [6.07, 6.45) is 3.28. The number of anilines is 1. The molecule has 0 unspecified atom stereocenters. The molecule has 0 bridgehead atoms. The normalized spacial score (nSPS) is 16.5. The highest BCUT2D eigenvalue weighted by molar-refractivity contribution is 7.10. The maximum atomic E-state index is 12.7. The molecule has 0 aliphatic carbocycles. The van der Waals surface area contributed by atoms with E-state index < -0.39 is 0 Å². The number of rotatable bonds is 7. The van der Waals surface area contributed by atoms with E-state index in [1.54, 1.807) is 43.0 Å². The molecule has 162 valence electrons. The SMILES string of the molecule is COc1ccccc1N1CCN([C@@H](c2cccs2)[C@@H](C)NC(=O)c2cccnc2)CC1. The lowest BCUT2D eigenvalue weighted by atomic mass is 10.0. The molecule has 0 spiro atoms. The van der Waals surface area contributed by atoms with Gasteiger partial charge in [0.1, 0.15) is 5.75 Å². The van der Waals surface area contributed by atoms with Crippen LogP contribution >= 0.6 is 11.3 Å². The lowest BCUT2D eigenvalue weighted by molar-refractivity contribution is 0.0890. The smallest absolute Gasteiger partial charge is 0.253 e. The van der Waals surface area contributed by atoms with Crippen LogP contribution < -0.4 is 15.0 Å². The van der Waals surface area contributed by atoms with Gasteiger partial charge in [-0.15, -0.1) is 11.3 Å². The van der Waals surface area contributed by atoms with Crippen LogP contribution in [0.25, 0.3) is 0 Å². The van der Waals surface area contributed by atoms with Gasteiger partial charge in [-0.3, -0.25) is 14.7 Å². The Labute approximate surface area is 187 Å². The van der Waals surface area contributed by atoms with E-state index in [9.17, 15) is 4.79 Å². The monoisotopic (exact) mass is 436 g/mol. The molecule has 2 atom stereocenters. The number of nitrogens with zero attached hydrogens (tertiary/aromatic N) is 3. The second-order valence-electron chi connectivity index (χ2n) is 7.66. The molecule has 1 saturated heterocycles. The Bertz CT molecular complexity index is 972. The molecule has 1 amide bonds. The summed E-state index contributed by atoms with van der Waals surface area (Å²) in [5, 5.41) is 5.30. The summed E-state index contributed by atoms with van der Waals surface area (Å²) in [5.41, 5.74) is 1.72. The third kappa shape index (κ3) is 4.89. The number of nitrogens with one attached hydrogen (secondary N) is 1. The third-order valence-electron chi connectivity index (χ3n) is 5.72. The highest BCUT2D eigenvalue weighted by atomic mass is 32.1. The van der Waals surface area contributed by atoms with Gasteiger partial charge in [-0.05, 0) is 42.6 Å². The van der Waals surface area contributed by atoms with Crippen LogP contribution in [-0.2, 0) is 0 Å². The van der Waals surface area contributed by atoms with Crippen LogP contribution in [0.3, 0.4) is 0 Å². The lowest BCUT2D eigenvalue weighted by Crippen LogP contribution is -2.52. The van der Waals surface area contributed by atoms with Crippen molar-refractivity contribution in [1.29, 1.82) is 0 Å². The van der Waals surface area contributed by atoms with Gasteiger partial charge in [-0.25, -0.2) is 0 Å². The van der Waals surface area contributed by atoms with Crippen molar-refractivity contribution in [3.05, 3.63) is 76.7 Å². The number of carbonyl (C=O) groups excluding carboxylic acids is 1. The standard InChI is InChI=1S/C24H28N4O2S/c1-18(26-24(29)19-7-5-11-25-17-19)23(22-10-6-16-31-22)28-14-12-27(13-15-28)20-8-3-4-9-21(20)30-2/h3-11,16-18,23H,12-15H2,1-2H3,(H,26,29)/t18-,23-/m1/s1. The van der Waals surface area contributed by atoms with Gasteiger partial charge >= 0.3 is 0 Å². The zero-order valence-electron chi connectivity index (χ0n) is 17.9. The van der Waals surface area contributed by atoms with Crippen LogP contribution in [0.2, 0.25) is 0 Å². The maximum Gasteiger partial charge on any atom is 0.253 e. The fourth-order valence-corrected chi connectivity index (χ4v) is 5.16. The van der Waals surface area contributed by atoms with E-state index in [-0.39, 0.29) is 18.0 Å². The molecule has 1 N–H and O–H groups in total. The van der Waals surface area contributed by atoms with Crippen LogP contribution in [0.4, 0.5) is 5.69 Å². The number of amides is 1. The van der Waals surface area contributed by atoms with E-state index in [1.165, 1.54) is 4.88 Å². The van der Waals surface area contributed by atoms with Gasteiger partial charge in [-0.2, -0.15) is 0 Å². The second kappa shape index (κ2) is 9.94. The van der Waals surface area contributed by atoms with E-state index in [2.05, 4.69) is 56.7 Å². The zero-order chi connectivity index (χ0) is 21.6. The molecule has 1 aromatic carbocycles. The molecule has 6 nitrogen and oxygen atoms in total. The van der Waals surface area contributed by atoms with Crippen LogP contribution in [-0.4, -0.2) is 55.1 Å². The molecule has 1 aliphatic heterocycles. The molecular formula is C24H28N4O2S. The minimum absolute atomic E-state index is 0.0378. The summed E-state index contributed by atoms with van der Waals surface area (Å²) < 4.78 is 5.55. The average molecular weight is 437 g/mol. The number of hydrogen-bond acceptors (Lipinski definition) is 6. The van der Waals surface area contributed by atoms with Crippen molar-refractivity contribution < 1.29 is 9.53 Å². The van der Waals surface area contributed by atoms with E-state index >= 15 is 0 Å². The van der Waals surface area contributed by atoms with Gasteiger partial charge < -0.3 is 15.0 Å². The quantitative estimate of drug-likeness (QED) is 0.610. The van der Waals surface area contributed by atoms with Crippen molar-refractivity contribution in [2.75, 3.05) is 38.2 Å². The van der Waals surface area contributed by atoms with Gasteiger partial charge in [0.05, 0.1) is 24.4 Å². The number of carbonyl (C=O) groups is 1. The first-order valence-corrected chi connectivity index (χ1v) is 11.4. The van der Waals surface area contributed by atoms with Gasteiger partial charge in [0.15, 0.2) is 0 Å². The Morgan fingerprint density at radius 3 is 2.58 bits per heavy atom. The molecule has 0 radical (unpaired) electrons. The zero-order valence-corrected chi connectivity index (χ0v) is 18.7. The summed E-state index contributed by atoms with van der Waals surface area (Å²) in [7, 11) is 1.72. The highest BCUT2D eigenvalue weighted by Gasteiger charge is 2.31. The molecule has 1 aliphatic rings. The molecule has 31 heavy (non-hydrogen) atoms. The number of ether oxygens (including phenoxy) is 1. The largest absolute Gasteiger partial charge is 0.495 e. The van der Waals surface area contributed by atoms with E-state index in [4.69, 9.17) is 4.74 Å². The Hall–Kier alpha value is -2.90. The highest BCUT2D eigenvalue weighted by Crippen LogP contribution is 2.32. The number of piperazine rings is 1. The summed E-state index contributed by atoms with van der Waals surface area (Å²) >= 11 is 1.74. The average Bonchev–Trinajstić information content (AvgIpc) is 3.34. The summed E-state index contributed by atoms with van der Waals surface area (Å²) in [6.45, 7) is 5.73. The summed E-state index contributed by atoms with van der Waals surface area (Å²) in [5.74, 6) is 0.817. The van der Waals surface area contributed by atoms with Crippen LogP contribution in [0.1, 0.15) is 28.2 Å². The lowest BCUT2D eigenvalue weighted by Gasteiger charge is -2.42. The van der Waals surface area contributed by atoms with Gasteiger partial charge in [-0.1, -0.05) is 18.2 Å². The van der Waals surface area contributed by atoms with Crippen LogP contribution in [0, 0.1) is 0 Å². The number of hydrogen-bond donors (Lipinski definition) is 1. The minimum Gasteiger partial charge on any atom is -0.495 e. The van der Waals surface area contributed by atoms with Crippen molar-refractivity contribution >= 4 is 22.9 Å². The van der Waals surface area contributed by atoms with E-state index in [1.807, 2.05) is 12.1 Å². The molecule has 3 heterocycles. The first kappa shape index (κ1) is 21.3. The first-order chi connectivity index (χ1) is 15.2. The fraction of sp³-hybridized carbons (Fsp3) is 0.333. The fourth-order valence-electron chi connectivity index (χ4n) is 4.20. The molecule has 1 fully saturated rings. The minimum atomic E-state index is -0.0881. The molecule has 0 saturated carbocycles. The van der Waals surface area contributed by atoms with Crippen molar-refractivity contribution in [2.24, 2.45) is 0 Å². The second-order valence-corrected chi connectivity index (χ2v) is 8.64. The van der Waals surface area contributed by atoms with Crippen molar-refractivity contribution in [3.63, 3.8) is 0 Å². The van der Waals surface area contributed by atoms with Gasteiger partial charge in [0.25, 0.3) is 5.91 Å². The number of pyridine rings is 1.